The average molecular weight is 381 g/mol. The molecular formula is C18H25ClN4O3. The van der Waals surface area contributed by atoms with Crippen molar-refractivity contribution in [3.8, 4) is 17.1 Å². The zero-order valence-electron chi connectivity index (χ0n) is 14.8. The Kier molecular flexibility index (Phi) is 7.41. The summed E-state index contributed by atoms with van der Waals surface area (Å²) in [6.45, 7) is 0.505. The SMILES string of the molecule is COc1ccc(-c2noc(CCCC(=O)NC(CN)C3CC3)n2)cc1.Cl. The molecule has 0 radical (unpaired) electrons. The molecule has 3 rings (SSSR count). The number of ether oxygens (including phenoxy) is 1. The van der Waals surface area contributed by atoms with Gasteiger partial charge in [-0.3, -0.25) is 4.79 Å². The van der Waals surface area contributed by atoms with Crippen LogP contribution in [-0.4, -0.2) is 35.7 Å². The Morgan fingerprint density at radius 3 is 2.73 bits per heavy atom. The predicted octanol–water partition coefficient (Wildman–Crippen LogP) is 2.34. The molecule has 142 valence electrons. The van der Waals surface area contributed by atoms with Crippen LogP contribution in [0.1, 0.15) is 31.6 Å². The Hall–Kier alpha value is -2.12. The van der Waals surface area contributed by atoms with Gasteiger partial charge in [0, 0.05) is 31.0 Å². The molecule has 1 aliphatic carbocycles. The number of halogens is 1. The van der Waals surface area contributed by atoms with Crippen molar-refractivity contribution >= 4 is 18.3 Å². The smallest absolute Gasteiger partial charge is 0.226 e. The normalized spacial score (nSPS) is 14.4. The summed E-state index contributed by atoms with van der Waals surface area (Å²) in [6.07, 6.45) is 4.01. The molecule has 8 heteroatoms. The number of carbonyl (C=O) groups excluding carboxylic acids is 1. The number of benzene rings is 1. The van der Waals surface area contributed by atoms with Crippen LogP contribution in [0.3, 0.4) is 0 Å². The van der Waals surface area contributed by atoms with Crippen LogP contribution < -0.4 is 15.8 Å². The molecule has 1 unspecified atom stereocenters. The maximum absolute atomic E-state index is 12.0. The first-order chi connectivity index (χ1) is 12.2. The number of hydrogen-bond acceptors (Lipinski definition) is 6. The van der Waals surface area contributed by atoms with E-state index < -0.39 is 0 Å². The quantitative estimate of drug-likeness (QED) is 0.692. The standard InChI is InChI=1S/C18H24N4O3.ClH/c1-24-14-9-7-13(8-10-14)18-21-17(25-22-18)4-2-3-16(23)20-15(11-19)12-5-6-12;/h7-10,12,15H,2-6,11,19H2,1H3,(H,20,23);1H. The third-order valence-electron chi connectivity index (χ3n) is 4.40. The van der Waals surface area contributed by atoms with Crippen LogP contribution in [0.2, 0.25) is 0 Å². The van der Waals surface area contributed by atoms with Gasteiger partial charge in [0.25, 0.3) is 0 Å². The molecule has 0 aliphatic heterocycles. The van der Waals surface area contributed by atoms with Gasteiger partial charge in [-0.05, 0) is 49.4 Å². The minimum absolute atomic E-state index is 0. The van der Waals surface area contributed by atoms with E-state index in [0.29, 0.717) is 43.4 Å². The Labute approximate surface area is 159 Å². The van der Waals surface area contributed by atoms with Crippen LogP contribution in [0.25, 0.3) is 11.4 Å². The zero-order chi connectivity index (χ0) is 17.6. The lowest BCUT2D eigenvalue weighted by Gasteiger charge is -2.15. The number of hydrogen-bond donors (Lipinski definition) is 2. The molecule has 3 N–H and O–H groups in total. The molecule has 1 atom stereocenters. The largest absolute Gasteiger partial charge is 0.497 e. The van der Waals surface area contributed by atoms with Gasteiger partial charge in [-0.25, -0.2) is 0 Å². The number of nitrogens with zero attached hydrogens (tertiary/aromatic N) is 2. The first-order valence-corrected chi connectivity index (χ1v) is 8.66. The molecule has 0 saturated heterocycles. The number of methoxy groups -OCH3 is 1. The van der Waals surface area contributed by atoms with E-state index in [4.69, 9.17) is 15.0 Å². The van der Waals surface area contributed by atoms with E-state index in [1.54, 1.807) is 7.11 Å². The summed E-state index contributed by atoms with van der Waals surface area (Å²) in [5, 5.41) is 7.00. The van der Waals surface area contributed by atoms with Gasteiger partial charge < -0.3 is 20.3 Å². The van der Waals surface area contributed by atoms with Crippen LogP contribution in [0.4, 0.5) is 0 Å². The number of amides is 1. The summed E-state index contributed by atoms with van der Waals surface area (Å²) in [6, 6.07) is 7.59. The van der Waals surface area contributed by atoms with E-state index in [2.05, 4.69) is 15.5 Å². The van der Waals surface area contributed by atoms with E-state index in [0.717, 1.165) is 24.2 Å². The third-order valence-corrected chi connectivity index (χ3v) is 4.40. The second-order valence-corrected chi connectivity index (χ2v) is 6.34. The van der Waals surface area contributed by atoms with Crippen LogP contribution in [0.15, 0.2) is 28.8 Å². The highest BCUT2D eigenvalue weighted by atomic mass is 35.5. The van der Waals surface area contributed by atoms with Crippen LogP contribution >= 0.6 is 12.4 Å². The van der Waals surface area contributed by atoms with Gasteiger partial charge in [0.1, 0.15) is 5.75 Å². The fraction of sp³-hybridized carbons (Fsp3) is 0.500. The molecule has 2 aromatic rings. The number of aromatic nitrogens is 2. The number of nitrogens with two attached hydrogens (primary N) is 1. The molecule has 1 aliphatic rings. The Balaban J connectivity index is 0.00000243. The van der Waals surface area contributed by atoms with Crippen molar-refractivity contribution in [3.63, 3.8) is 0 Å². The van der Waals surface area contributed by atoms with Crippen molar-refractivity contribution in [2.24, 2.45) is 11.7 Å². The summed E-state index contributed by atoms with van der Waals surface area (Å²) in [4.78, 5) is 16.4. The van der Waals surface area contributed by atoms with E-state index in [9.17, 15) is 4.79 Å². The van der Waals surface area contributed by atoms with Gasteiger partial charge in [-0.15, -0.1) is 12.4 Å². The molecule has 1 aromatic heterocycles. The number of carbonyl (C=O) groups is 1. The molecule has 1 fully saturated rings. The number of nitrogens with one attached hydrogen (secondary N) is 1. The summed E-state index contributed by atoms with van der Waals surface area (Å²) in [5.41, 5.74) is 6.57. The number of aryl methyl sites for hydroxylation is 1. The van der Waals surface area contributed by atoms with Crippen molar-refractivity contribution in [2.45, 2.75) is 38.1 Å². The lowest BCUT2D eigenvalue weighted by atomic mass is 10.1. The lowest BCUT2D eigenvalue weighted by molar-refractivity contribution is -0.122. The van der Waals surface area contributed by atoms with Gasteiger partial charge in [-0.1, -0.05) is 5.16 Å². The van der Waals surface area contributed by atoms with Crippen molar-refractivity contribution in [1.29, 1.82) is 0 Å². The van der Waals surface area contributed by atoms with Crippen LogP contribution in [0.5, 0.6) is 5.75 Å². The molecule has 1 amide bonds. The van der Waals surface area contributed by atoms with E-state index in [1.165, 1.54) is 0 Å². The first-order valence-electron chi connectivity index (χ1n) is 8.66. The number of rotatable bonds is 9. The summed E-state index contributed by atoms with van der Waals surface area (Å²) < 4.78 is 10.4. The fourth-order valence-corrected chi connectivity index (χ4v) is 2.76. The van der Waals surface area contributed by atoms with Crippen molar-refractivity contribution in [2.75, 3.05) is 13.7 Å². The average Bonchev–Trinajstić information content (AvgIpc) is 3.38. The summed E-state index contributed by atoms with van der Waals surface area (Å²) in [7, 11) is 1.62. The van der Waals surface area contributed by atoms with Gasteiger partial charge in [-0.2, -0.15) is 4.98 Å². The lowest BCUT2D eigenvalue weighted by Crippen LogP contribution is -2.41. The molecule has 0 bridgehead atoms. The van der Waals surface area contributed by atoms with Crippen molar-refractivity contribution < 1.29 is 14.1 Å². The summed E-state index contributed by atoms with van der Waals surface area (Å²) >= 11 is 0. The van der Waals surface area contributed by atoms with Crippen molar-refractivity contribution in [3.05, 3.63) is 30.2 Å². The molecule has 1 saturated carbocycles. The van der Waals surface area contributed by atoms with E-state index in [-0.39, 0.29) is 24.4 Å². The Morgan fingerprint density at radius 2 is 2.12 bits per heavy atom. The predicted molar refractivity (Wildman–Crippen MR) is 100 cm³/mol. The maximum Gasteiger partial charge on any atom is 0.226 e. The van der Waals surface area contributed by atoms with Crippen molar-refractivity contribution in [1.82, 2.24) is 15.5 Å². The highest BCUT2D eigenvalue weighted by molar-refractivity contribution is 5.85. The topological polar surface area (TPSA) is 103 Å². The Bertz CT molecular complexity index is 701. The first kappa shape index (κ1) is 20.2. The maximum atomic E-state index is 12.0. The van der Waals surface area contributed by atoms with Gasteiger partial charge in [0.15, 0.2) is 0 Å². The summed E-state index contributed by atoms with van der Waals surface area (Å²) in [5.74, 6) is 2.46. The molecule has 1 heterocycles. The molecule has 7 nitrogen and oxygen atoms in total. The van der Waals surface area contributed by atoms with E-state index >= 15 is 0 Å². The molecule has 1 aromatic carbocycles. The highest BCUT2D eigenvalue weighted by Gasteiger charge is 2.31. The second kappa shape index (κ2) is 9.54. The van der Waals surface area contributed by atoms with E-state index in [1.807, 2.05) is 24.3 Å². The van der Waals surface area contributed by atoms with Gasteiger partial charge in [0.2, 0.25) is 17.6 Å². The minimum atomic E-state index is 0. The third kappa shape index (κ3) is 5.44. The van der Waals surface area contributed by atoms with Gasteiger partial charge >= 0.3 is 0 Å². The van der Waals surface area contributed by atoms with Gasteiger partial charge in [0.05, 0.1) is 7.11 Å². The monoisotopic (exact) mass is 380 g/mol. The van der Waals surface area contributed by atoms with Crippen LogP contribution in [0, 0.1) is 5.92 Å². The van der Waals surface area contributed by atoms with Crippen LogP contribution in [-0.2, 0) is 11.2 Å². The molecular weight excluding hydrogens is 356 g/mol. The fourth-order valence-electron chi connectivity index (χ4n) is 2.76. The minimum Gasteiger partial charge on any atom is -0.497 e. The molecule has 26 heavy (non-hydrogen) atoms. The highest BCUT2D eigenvalue weighted by Crippen LogP contribution is 2.32. The zero-order valence-corrected chi connectivity index (χ0v) is 15.6. The Morgan fingerprint density at radius 1 is 1.38 bits per heavy atom. The second-order valence-electron chi connectivity index (χ2n) is 6.34. The molecule has 0 spiro atoms.